The number of epoxide rings is 1. The molecular formula is C21H20ClFN4O2S. The summed E-state index contributed by atoms with van der Waals surface area (Å²) in [6.07, 6.45) is 1.07. The molecule has 6 nitrogen and oxygen atoms in total. The maximum atomic E-state index is 13.5. The molecular weight excluding hydrogens is 427 g/mol. The third-order valence-electron chi connectivity index (χ3n) is 4.77. The highest BCUT2D eigenvalue weighted by Gasteiger charge is 2.59. The number of halogens is 2. The van der Waals surface area contributed by atoms with Crippen molar-refractivity contribution in [2.45, 2.75) is 43.3 Å². The Morgan fingerprint density at radius 2 is 2.03 bits per heavy atom. The van der Waals surface area contributed by atoms with Gasteiger partial charge in [-0.15, -0.1) is 0 Å². The first-order valence-corrected chi connectivity index (χ1v) is 10.6. The molecule has 1 amide bonds. The van der Waals surface area contributed by atoms with Crippen LogP contribution in [0.1, 0.15) is 31.1 Å². The van der Waals surface area contributed by atoms with Gasteiger partial charge in [-0.05, 0) is 37.6 Å². The summed E-state index contributed by atoms with van der Waals surface area (Å²) in [5.41, 5.74) is 0.846. The average molecular weight is 447 g/mol. The fourth-order valence-corrected chi connectivity index (χ4v) is 4.37. The van der Waals surface area contributed by atoms with Crippen LogP contribution < -0.4 is 5.32 Å². The summed E-state index contributed by atoms with van der Waals surface area (Å²) in [7, 11) is 0. The van der Waals surface area contributed by atoms with E-state index < -0.39 is 5.60 Å². The van der Waals surface area contributed by atoms with E-state index in [1.54, 1.807) is 22.9 Å². The van der Waals surface area contributed by atoms with E-state index in [0.29, 0.717) is 16.7 Å². The van der Waals surface area contributed by atoms with Crippen molar-refractivity contribution in [1.29, 1.82) is 0 Å². The predicted molar refractivity (Wildman–Crippen MR) is 113 cm³/mol. The maximum absolute atomic E-state index is 13.5. The summed E-state index contributed by atoms with van der Waals surface area (Å²) in [4.78, 5) is 16.4. The normalized spacial score (nSPS) is 20.4. The summed E-state index contributed by atoms with van der Waals surface area (Å²) >= 11 is 7.37. The van der Waals surface area contributed by atoms with Crippen LogP contribution in [0.15, 0.2) is 60.0 Å². The number of rotatable bonds is 6. The van der Waals surface area contributed by atoms with Gasteiger partial charge in [-0.2, -0.15) is 5.10 Å². The van der Waals surface area contributed by atoms with Crippen LogP contribution in [0.5, 0.6) is 0 Å². The first-order chi connectivity index (χ1) is 14.4. The van der Waals surface area contributed by atoms with Gasteiger partial charge in [0.05, 0.1) is 6.54 Å². The molecule has 0 radical (unpaired) electrons. The molecule has 9 heteroatoms. The molecule has 0 saturated carbocycles. The molecule has 1 saturated heterocycles. The van der Waals surface area contributed by atoms with E-state index >= 15 is 0 Å². The van der Waals surface area contributed by atoms with Gasteiger partial charge in [0.2, 0.25) is 0 Å². The minimum absolute atomic E-state index is 0.0169. The number of amides is 1. The predicted octanol–water partition coefficient (Wildman–Crippen LogP) is 4.95. The Hall–Kier alpha value is -2.42. The van der Waals surface area contributed by atoms with Crippen LogP contribution in [0, 0.1) is 5.82 Å². The molecule has 0 spiro atoms. The van der Waals surface area contributed by atoms with E-state index in [2.05, 4.69) is 15.4 Å². The molecule has 156 valence electrons. The summed E-state index contributed by atoms with van der Waals surface area (Å²) in [6.45, 7) is 4.07. The van der Waals surface area contributed by atoms with Crippen LogP contribution >= 0.6 is 23.4 Å². The lowest BCUT2D eigenvalue weighted by Crippen LogP contribution is -2.27. The van der Waals surface area contributed by atoms with Gasteiger partial charge < -0.3 is 10.1 Å². The van der Waals surface area contributed by atoms with Crippen LogP contribution in [-0.4, -0.2) is 26.0 Å². The number of hydrogen-bond acceptors (Lipinski definition) is 5. The molecule has 1 N–H and O–H groups in total. The van der Waals surface area contributed by atoms with Gasteiger partial charge >= 0.3 is 0 Å². The number of ether oxygens (including phenoxy) is 1. The van der Waals surface area contributed by atoms with Crippen molar-refractivity contribution in [3.8, 4) is 0 Å². The molecule has 2 heterocycles. The van der Waals surface area contributed by atoms with E-state index in [1.165, 1.54) is 18.5 Å². The molecule has 0 bridgehead atoms. The molecule has 4 rings (SSSR count). The second-order valence-corrected chi connectivity index (χ2v) is 8.65. The van der Waals surface area contributed by atoms with E-state index in [-0.39, 0.29) is 23.2 Å². The van der Waals surface area contributed by atoms with Gasteiger partial charge in [0.1, 0.15) is 23.8 Å². The molecule has 1 aliphatic rings. The molecule has 2 unspecified atom stereocenters. The number of aromatic nitrogens is 3. The zero-order valence-electron chi connectivity index (χ0n) is 16.4. The lowest BCUT2D eigenvalue weighted by molar-refractivity contribution is 0.254. The van der Waals surface area contributed by atoms with Crippen molar-refractivity contribution in [1.82, 2.24) is 20.1 Å². The first kappa shape index (κ1) is 20.8. The van der Waals surface area contributed by atoms with E-state index in [9.17, 15) is 9.18 Å². The highest BCUT2D eigenvalue weighted by atomic mass is 35.5. The van der Waals surface area contributed by atoms with Gasteiger partial charge in [0, 0.05) is 28.4 Å². The molecule has 1 aliphatic heterocycles. The number of carbonyl (C=O) groups is 1. The minimum Gasteiger partial charge on any atom is -0.354 e. The summed E-state index contributed by atoms with van der Waals surface area (Å²) in [5.74, 6) is -0.328. The van der Waals surface area contributed by atoms with Gasteiger partial charge in [0.25, 0.3) is 5.24 Å². The van der Waals surface area contributed by atoms with Crippen molar-refractivity contribution in [3.05, 3.63) is 76.8 Å². The van der Waals surface area contributed by atoms with Crippen molar-refractivity contribution >= 4 is 28.6 Å². The Bertz CT molecular complexity index is 1060. The third kappa shape index (κ3) is 4.21. The average Bonchev–Trinajstić information content (AvgIpc) is 3.25. The smallest absolute Gasteiger partial charge is 0.287 e. The van der Waals surface area contributed by atoms with Gasteiger partial charge in [-0.25, -0.2) is 14.1 Å². The highest BCUT2D eigenvalue weighted by Crippen LogP contribution is 2.59. The van der Waals surface area contributed by atoms with Gasteiger partial charge in [0.15, 0.2) is 5.16 Å². The summed E-state index contributed by atoms with van der Waals surface area (Å²) in [6, 6.07) is 13.7. The second-order valence-electron chi connectivity index (χ2n) is 7.30. The molecule has 2 aromatic carbocycles. The standard InChI is InChI=1S/C21H20ClFN4O2S/c1-13(2)26-20(28)30-19-24-12-25-27(19)11-21(14-7-9-15(23)10-8-14)18(29-21)16-5-3-4-6-17(16)22/h3-10,12-13,18H,11H2,1-2H3,(H,26,28). The van der Waals surface area contributed by atoms with Crippen LogP contribution in [0.2, 0.25) is 5.02 Å². The molecule has 1 aromatic heterocycles. The van der Waals surface area contributed by atoms with Crippen molar-refractivity contribution < 1.29 is 13.9 Å². The largest absolute Gasteiger partial charge is 0.354 e. The zero-order valence-corrected chi connectivity index (χ0v) is 18.0. The number of thioether (sulfide) groups is 1. The van der Waals surface area contributed by atoms with Crippen molar-refractivity contribution in [2.24, 2.45) is 0 Å². The minimum atomic E-state index is -0.795. The topological polar surface area (TPSA) is 72.3 Å². The maximum Gasteiger partial charge on any atom is 0.287 e. The third-order valence-corrected chi connectivity index (χ3v) is 5.92. The Balaban J connectivity index is 1.65. The molecule has 30 heavy (non-hydrogen) atoms. The number of nitrogens with zero attached hydrogens (tertiary/aromatic N) is 3. The van der Waals surface area contributed by atoms with Gasteiger partial charge in [-0.1, -0.05) is 41.9 Å². The number of benzene rings is 2. The summed E-state index contributed by atoms with van der Waals surface area (Å²) in [5, 5.41) is 7.93. The van der Waals surface area contributed by atoms with Crippen LogP contribution in [0.4, 0.5) is 9.18 Å². The Morgan fingerprint density at radius 3 is 2.73 bits per heavy atom. The van der Waals surface area contributed by atoms with E-state index in [1.807, 2.05) is 32.0 Å². The Labute approximate surface area is 182 Å². The Morgan fingerprint density at radius 1 is 1.30 bits per heavy atom. The number of nitrogens with one attached hydrogen (secondary N) is 1. The van der Waals surface area contributed by atoms with Crippen molar-refractivity contribution in [2.75, 3.05) is 0 Å². The SMILES string of the molecule is CC(C)NC(=O)Sc1ncnn1CC1(c2ccc(F)cc2)OC1c1ccccc1Cl. The molecule has 3 aromatic rings. The Kier molecular flexibility index (Phi) is 5.81. The lowest BCUT2D eigenvalue weighted by Gasteiger charge is -2.16. The number of hydrogen-bond donors (Lipinski definition) is 1. The number of carbonyl (C=O) groups excluding carboxylic acids is 1. The van der Waals surface area contributed by atoms with E-state index in [0.717, 1.165) is 22.9 Å². The highest BCUT2D eigenvalue weighted by molar-refractivity contribution is 8.13. The second kappa shape index (κ2) is 8.37. The van der Waals surface area contributed by atoms with Crippen molar-refractivity contribution in [3.63, 3.8) is 0 Å². The summed E-state index contributed by atoms with van der Waals surface area (Å²) < 4.78 is 21.4. The van der Waals surface area contributed by atoms with Gasteiger partial charge in [-0.3, -0.25) is 4.79 Å². The lowest BCUT2D eigenvalue weighted by atomic mass is 9.91. The monoisotopic (exact) mass is 446 g/mol. The first-order valence-electron chi connectivity index (χ1n) is 9.43. The molecule has 1 fully saturated rings. The van der Waals surface area contributed by atoms with Crippen LogP contribution in [0.3, 0.4) is 0 Å². The van der Waals surface area contributed by atoms with Crippen LogP contribution in [0.25, 0.3) is 0 Å². The van der Waals surface area contributed by atoms with E-state index in [4.69, 9.17) is 16.3 Å². The fourth-order valence-electron chi connectivity index (χ4n) is 3.35. The molecule has 0 aliphatic carbocycles. The van der Waals surface area contributed by atoms with Crippen LogP contribution in [-0.2, 0) is 16.9 Å². The molecule has 2 atom stereocenters. The zero-order chi connectivity index (χ0) is 21.3. The fraction of sp³-hybridized carbons (Fsp3) is 0.286. The quantitative estimate of drug-likeness (QED) is 0.428.